The van der Waals surface area contributed by atoms with Gasteiger partial charge in [-0.25, -0.2) is 9.97 Å². The highest BCUT2D eigenvalue weighted by molar-refractivity contribution is 5.73. The zero-order valence-electron chi connectivity index (χ0n) is 11.4. The summed E-state index contributed by atoms with van der Waals surface area (Å²) >= 11 is 0. The Morgan fingerprint density at radius 1 is 1.58 bits per heavy atom. The maximum absolute atomic E-state index is 11.0. The Morgan fingerprint density at radius 2 is 2.42 bits per heavy atom. The van der Waals surface area contributed by atoms with E-state index in [0.717, 1.165) is 37.4 Å². The molecule has 1 atom stereocenters. The first kappa shape index (κ1) is 13.7. The van der Waals surface area contributed by atoms with Gasteiger partial charge in [-0.05, 0) is 6.42 Å². The number of methoxy groups -OCH3 is 1. The highest BCUT2D eigenvalue weighted by Crippen LogP contribution is 2.18. The average Bonchev–Trinajstić information content (AvgIpc) is 2.84. The fourth-order valence-corrected chi connectivity index (χ4v) is 2.28. The van der Waals surface area contributed by atoms with Crippen molar-refractivity contribution < 1.29 is 9.53 Å². The number of rotatable bonds is 5. The van der Waals surface area contributed by atoms with Crippen LogP contribution in [0.5, 0.6) is 0 Å². The van der Waals surface area contributed by atoms with Crippen LogP contribution in [0.2, 0.25) is 0 Å². The standard InChI is InChI=1S/C13H20N4O2/c1-10(18)16-12-3-5-17(8-12)13-7-11(4-6-19-2)14-9-15-13/h7,9,12H,3-6,8H2,1-2H3,(H,16,18). The van der Waals surface area contributed by atoms with Crippen molar-refractivity contribution in [2.24, 2.45) is 0 Å². The molecular weight excluding hydrogens is 244 g/mol. The third-order valence-corrected chi connectivity index (χ3v) is 3.19. The summed E-state index contributed by atoms with van der Waals surface area (Å²) in [7, 11) is 1.68. The molecule has 104 valence electrons. The van der Waals surface area contributed by atoms with Crippen LogP contribution in [0.4, 0.5) is 5.82 Å². The van der Waals surface area contributed by atoms with Gasteiger partial charge in [-0.15, -0.1) is 0 Å². The Kier molecular flexibility index (Phi) is 4.68. The number of nitrogens with zero attached hydrogens (tertiary/aromatic N) is 3. The first-order valence-corrected chi connectivity index (χ1v) is 6.51. The van der Waals surface area contributed by atoms with E-state index in [1.165, 1.54) is 0 Å². The van der Waals surface area contributed by atoms with E-state index in [2.05, 4.69) is 20.2 Å². The third kappa shape index (κ3) is 3.89. The number of aromatic nitrogens is 2. The van der Waals surface area contributed by atoms with Crippen LogP contribution >= 0.6 is 0 Å². The van der Waals surface area contributed by atoms with Gasteiger partial charge >= 0.3 is 0 Å². The molecule has 1 unspecified atom stereocenters. The topological polar surface area (TPSA) is 67.3 Å². The zero-order valence-corrected chi connectivity index (χ0v) is 11.4. The minimum absolute atomic E-state index is 0.0234. The Hall–Kier alpha value is -1.69. The van der Waals surface area contributed by atoms with Crippen LogP contribution in [-0.2, 0) is 16.0 Å². The molecule has 1 saturated heterocycles. The summed E-state index contributed by atoms with van der Waals surface area (Å²) in [5.74, 6) is 0.948. The average molecular weight is 264 g/mol. The molecule has 0 bridgehead atoms. The second kappa shape index (κ2) is 6.47. The summed E-state index contributed by atoms with van der Waals surface area (Å²) in [6, 6.07) is 2.21. The van der Waals surface area contributed by atoms with Gasteiger partial charge in [0.15, 0.2) is 0 Å². The van der Waals surface area contributed by atoms with E-state index in [-0.39, 0.29) is 11.9 Å². The van der Waals surface area contributed by atoms with Gasteiger partial charge in [-0.1, -0.05) is 0 Å². The molecule has 0 radical (unpaired) electrons. The number of hydrogen-bond acceptors (Lipinski definition) is 5. The minimum atomic E-state index is 0.0234. The monoisotopic (exact) mass is 264 g/mol. The molecule has 19 heavy (non-hydrogen) atoms. The van der Waals surface area contributed by atoms with Crippen molar-refractivity contribution in [1.29, 1.82) is 0 Å². The lowest BCUT2D eigenvalue weighted by atomic mass is 10.2. The van der Waals surface area contributed by atoms with Gasteiger partial charge in [0.1, 0.15) is 12.1 Å². The Labute approximate surface area is 113 Å². The molecule has 1 aromatic heterocycles. The zero-order chi connectivity index (χ0) is 13.7. The van der Waals surface area contributed by atoms with Crippen molar-refractivity contribution in [3.63, 3.8) is 0 Å². The Morgan fingerprint density at radius 3 is 3.16 bits per heavy atom. The molecule has 0 aromatic carbocycles. The van der Waals surface area contributed by atoms with Crippen LogP contribution in [-0.4, -0.2) is 48.7 Å². The van der Waals surface area contributed by atoms with Gasteiger partial charge in [0, 0.05) is 51.3 Å². The van der Waals surface area contributed by atoms with Crippen molar-refractivity contribution in [1.82, 2.24) is 15.3 Å². The smallest absolute Gasteiger partial charge is 0.217 e. The first-order chi connectivity index (χ1) is 9.19. The lowest BCUT2D eigenvalue weighted by molar-refractivity contribution is -0.119. The molecule has 6 heteroatoms. The molecule has 0 spiro atoms. The van der Waals surface area contributed by atoms with Gasteiger partial charge in [0.05, 0.1) is 6.61 Å². The molecule has 2 rings (SSSR count). The van der Waals surface area contributed by atoms with Crippen molar-refractivity contribution >= 4 is 11.7 Å². The van der Waals surface area contributed by atoms with E-state index in [1.807, 2.05) is 6.07 Å². The van der Waals surface area contributed by atoms with Crippen molar-refractivity contribution in [2.75, 3.05) is 31.7 Å². The number of anilines is 1. The van der Waals surface area contributed by atoms with E-state index in [0.29, 0.717) is 6.61 Å². The van der Waals surface area contributed by atoms with Crippen LogP contribution in [0.15, 0.2) is 12.4 Å². The van der Waals surface area contributed by atoms with E-state index in [4.69, 9.17) is 4.74 Å². The molecule has 1 aliphatic heterocycles. The normalized spacial score (nSPS) is 18.6. The Bertz CT molecular complexity index is 438. The second-order valence-electron chi connectivity index (χ2n) is 4.74. The maximum atomic E-state index is 11.0. The van der Waals surface area contributed by atoms with E-state index in [1.54, 1.807) is 20.4 Å². The molecule has 1 aliphatic rings. The molecule has 1 fully saturated rings. The summed E-state index contributed by atoms with van der Waals surface area (Å²) in [5, 5.41) is 2.95. The SMILES string of the molecule is COCCc1cc(N2CCC(NC(C)=O)C2)ncn1. The summed E-state index contributed by atoms with van der Waals surface area (Å²) in [6.07, 6.45) is 3.33. The maximum Gasteiger partial charge on any atom is 0.217 e. The number of amides is 1. The van der Waals surface area contributed by atoms with Crippen LogP contribution < -0.4 is 10.2 Å². The summed E-state index contributed by atoms with van der Waals surface area (Å²) in [5.41, 5.74) is 0.981. The third-order valence-electron chi connectivity index (χ3n) is 3.19. The van der Waals surface area contributed by atoms with Gasteiger partial charge in [0.2, 0.25) is 5.91 Å². The predicted molar refractivity (Wildman–Crippen MR) is 72.0 cm³/mol. The molecular formula is C13H20N4O2. The molecule has 0 saturated carbocycles. The van der Waals surface area contributed by atoms with Gasteiger partial charge < -0.3 is 15.0 Å². The fraction of sp³-hybridized carbons (Fsp3) is 0.615. The van der Waals surface area contributed by atoms with Crippen molar-refractivity contribution in [3.05, 3.63) is 18.1 Å². The summed E-state index contributed by atoms with van der Waals surface area (Å²) in [4.78, 5) is 21.8. The number of carbonyl (C=O) groups is 1. The van der Waals surface area contributed by atoms with Crippen LogP contribution in [0.25, 0.3) is 0 Å². The van der Waals surface area contributed by atoms with Crippen molar-refractivity contribution in [3.8, 4) is 0 Å². The number of carbonyl (C=O) groups excluding carboxylic acids is 1. The molecule has 6 nitrogen and oxygen atoms in total. The molecule has 1 N–H and O–H groups in total. The second-order valence-corrected chi connectivity index (χ2v) is 4.74. The molecule has 1 aromatic rings. The van der Waals surface area contributed by atoms with Crippen LogP contribution in [0, 0.1) is 0 Å². The minimum Gasteiger partial charge on any atom is -0.384 e. The van der Waals surface area contributed by atoms with E-state index < -0.39 is 0 Å². The molecule has 2 heterocycles. The van der Waals surface area contributed by atoms with Crippen LogP contribution in [0.3, 0.4) is 0 Å². The van der Waals surface area contributed by atoms with Crippen LogP contribution in [0.1, 0.15) is 19.0 Å². The van der Waals surface area contributed by atoms with Gasteiger partial charge in [0.25, 0.3) is 0 Å². The fourth-order valence-electron chi connectivity index (χ4n) is 2.28. The van der Waals surface area contributed by atoms with E-state index >= 15 is 0 Å². The lowest BCUT2D eigenvalue weighted by Gasteiger charge is -2.18. The summed E-state index contributed by atoms with van der Waals surface area (Å²) < 4.78 is 5.05. The van der Waals surface area contributed by atoms with Crippen molar-refractivity contribution in [2.45, 2.75) is 25.8 Å². The van der Waals surface area contributed by atoms with E-state index in [9.17, 15) is 4.79 Å². The quantitative estimate of drug-likeness (QED) is 0.833. The molecule has 0 aliphatic carbocycles. The van der Waals surface area contributed by atoms with Gasteiger partial charge in [-0.3, -0.25) is 4.79 Å². The first-order valence-electron chi connectivity index (χ1n) is 6.51. The lowest BCUT2D eigenvalue weighted by Crippen LogP contribution is -2.35. The van der Waals surface area contributed by atoms with Gasteiger partial charge in [-0.2, -0.15) is 0 Å². The highest BCUT2D eigenvalue weighted by Gasteiger charge is 2.24. The Balaban J connectivity index is 1.96. The molecule has 1 amide bonds. The number of hydrogen-bond donors (Lipinski definition) is 1. The highest BCUT2D eigenvalue weighted by atomic mass is 16.5. The summed E-state index contributed by atoms with van der Waals surface area (Å²) in [6.45, 7) is 3.92. The largest absolute Gasteiger partial charge is 0.384 e. The number of nitrogens with one attached hydrogen (secondary N) is 1. The number of ether oxygens (including phenoxy) is 1. The predicted octanol–water partition coefficient (Wildman–Crippen LogP) is 0.380.